The summed E-state index contributed by atoms with van der Waals surface area (Å²) >= 11 is 0. The summed E-state index contributed by atoms with van der Waals surface area (Å²) in [7, 11) is 0. The minimum Gasteiger partial charge on any atom is -0.457 e. The molecule has 0 unspecified atom stereocenters. The molecule has 0 fully saturated rings. The molecular weight excluding hydrogens is 316 g/mol. The number of ether oxygens (including phenoxy) is 1. The van der Waals surface area contributed by atoms with E-state index in [9.17, 15) is 4.79 Å². The molecule has 6 nitrogen and oxygen atoms in total. The Balaban J connectivity index is 2.18. The van der Waals surface area contributed by atoms with Gasteiger partial charge in [0.1, 0.15) is 11.5 Å². The summed E-state index contributed by atoms with van der Waals surface area (Å²) in [6, 6.07) is 13.6. The Bertz CT molecular complexity index is 881. The van der Waals surface area contributed by atoms with Crippen LogP contribution in [0, 0.1) is 0 Å². The van der Waals surface area contributed by atoms with Gasteiger partial charge in [0.05, 0.1) is 5.69 Å². The van der Waals surface area contributed by atoms with E-state index < -0.39 is 0 Å². The van der Waals surface area contributed by atoms with E-state index in [0.29, 0.717) is 0 Å². The van der Waals surface area contributed by atoms with Gasteiger partial charge in [0.15, 0.2) is 0 Å². The Morgan fingerprint density at radius 2 is 1.56 bits per heavy atom. The van der Waals surface area contributed by atoms with Gasteiger partial charge in [-0.1, -0.05) is 45.9 Å². The molecule has 0 saturated carbocycles. The number of nitrogens with zero attached hydrogens (tertiary/aromatic N) is 3. The SMILES string of the molecule is CC(C)c1cc(Oc2ccccc2)cc(C(C)C)c1-n1nn[nH]c1=O. The minimum atomic E-state index is -0.347. The first kappa shape index (κ1) is 17.0. The zero-order valence-electron chi connectivity index (χ0n) is 14.9. The highest BCUT2D eigenvalue weighted by Gasteiger charge is 2.20. The van der Waals surface area contributed by atoms with Crippen molar-refractivity contribution in [2.45, 2.75) is 39.5 Å². The number of benzene rings is 2. The van der Waals surface area contributed by atoms with Gasteiger partial charge in [-0.2, -0.15) is 4.68 Å². The quantitative estimate of drug-likeness (QED) is 0.763. The van der Waals surface area contributed by atoms with Crippen LogP contribution in [0.3, 0.4) is 0 Å². The van der Waals surface area contributed by atoms with Crippen LogP contribution in [0.5, 0.6) is 11.5 Å². The predicted octanol–water partition coefficient (Wildman–Crippen LogP) is 3.99. The summed E-state index contributed by atoms with van der Waals surface area (Å²) in [6.45, 7) is 8.33. The molecule has 0 saturated heterocycles. The number of rotatable bonds is 5. The van der Waals surface area contributed by atoms with Gasteiger partial charge in [-0.3, -0.25) is 0 Å². The maximum absolute atomic E-state index is 12.1. The summed E-state index contributed by atoms with van der Waals surface area (Å²) in [6.07, 6.45) is 0. The van der Waals surface area contributed by atoms with Gasteiger partial charge in [0.25, 0.3) is 0 Å². The highest BCUT2D eigenvalue weighted by Crippen LogP contribution is 2.35. The second kappa shape index (κ2) is 6.93. The number of hydrogen-bond donors (Lipinski definition) is 1. The van der Waals surface area contributed by atoms with Crippen molar-refractivity contribution in [1.29, 1.82) is 0 Å². The van der Waals surface area contributed by atoms with Crippen molar-refractivity contribution in [2.24, 2.45) is 0 Å². The van der Waals surface area contributed by atoms with Crippen LogP contribution in [0.4, 0.5) is 0 Å². The maximum Gasteiger partial charge on any atom is 0.365 e. The van der Waals surface area contributed by atoms with E-state index in [1.54, 1.807) is 0 Å². The van der Waals surface area contributed by atoms with Crippen molar-refractivity contribution in [3.8, 4) is 17.2 Å². The number of tetrazole rings is 1. The van der Waals surface area contributed by atoms with Gasteiger partial charge in [-0.25, -0.2) is 9.89 Å². The van der Waals surface area contributed by atoms with E-state index in [1.807, 2.05) is 42.5 Å². The van der Waals surface area contributed by atoms with E-state index >= 15 is 0 Å². The summed E-state index contributed by atoms with van der Waals surface area (Å²) in [5, 5.41) is 9.95. The van der Waals surface area contributed by atoms with Crippen molar-refractivity contribution in [1.82, 2.24) is 20.2 Å². The fraction of sp³-hybridized carbons (Fsp3) is 0.316. The van der Waals surface area contributed by atoms with Gasteiger partial charge in [-0.15, -0.1) is 0 Å². The smallest absolute Gasteiger partial charge is 0.365 e. The molecule has 1 heterocycles. The third kappa shape index (κ3) is 3.47. The van der Waals surface area contributed by atoms with Crippen molar-refractivity contribution in [2.75, 3.05) is 0 Å². The van der Waals surface area contributed by atoms with Gasteiger partial charge >= 0.3 is 5.69 Å². The highest BCUT2D eigenvalue weighted by molar-refractivity contribution is 5.55. The summed E-state index contributed by atoms with van der Waals surface area (Å²) < 4.78 is 7.36. The van der Waals surface area contributed by atoms with Gasteiger partial charge < -0.3 is 4.74 Å². The van der Waals surface area contributed by atoms with E-state index in [4.69, 9.17) is 4.74 Å². The summed E-state index contributed by atoms with van der Waals surface area (Å²) in [5.41, 5.74) is 2.42. The average molecular weight is 338 g/mol. The van der Waals surface area contributed by atoms with E-state index in [1.165, 1.54) is 4.68 Å². The predicted molar refractivity (Wildman–Crippen MR) is 96.7 cm³/mol. The Hall–Kier alpha value is -2.89. The second-order valence-corrected chi connectivity index (χ2v) is 6.59. The first-order chi connectivity index (χ1) is 12.0. The van der Waals surface area contributed by atoms with Crippen LogP contribution in [-0.2, 0) is 0 Å². The van der Waals surface area contributed by atoms with Crippen molar-refractivity contribution < 1.29 is 4.74 Å². The molecule has 2 aromatic carbocycles. The number of nitrogens with one attached hydrogen (secondary N) is 1. The van der Waals surface area contributed by atoms with Crippen LogP contribution in [0.15, 0.2) is 47.3 Å². The van der Waals surface area contributed by atoms with Crippen LogP contribution in [0.2, 0.25) is 0 Å². The second-order valence-electron chi connectivity index (χ2n) is 6.59. The molecule has 1 aromatic heterocycles. The fourth-order valence-electron chi connectivity index (χ4n) is 2.80. The lowest BCUT2D eigenvalue weighted by Crippen LogP contribution is -2.20. The normalized spacial score (nSPS) is 11.3. The van der Waals surface area contributed by atoms with Gasteiger partial charge in [0.2, 0.25) is 0 Å². The Kier molecular flexibility index (Phi) is 4.70. The van der Waals surface area contributed by atoms with E-state index in [2.05, 4.69) is 43.2 Å². The fourth-order valence-corrected chi connectivity index (χ4v) is 2.80. The first-order valence-electron chi connectivity index (χ1n) is 8.39. The summed E-state index contributed by atoms with van der Waals surface area (Å²) in [4.78, 5) is 12.1. The number of aromatic nitrogens is 4. The maximum atomic E-state index is 12.1. The van der Waals surface area contributed by atoms with Crippen LogP contribution in [0.1, 0.15) is 50.7 Å². The lowest BCUT2D eigenvalue weighted by atomic mass is 9.92. The standard InChI is InChI=1S/C19H22N4O2/c1-12(2)16-10-15(25-14-8-6-5-7-9-14)11-17(13(3)4)18(16)23-19(24)20-21-22-23/h5-13H,1-4H3,(H,20,22,24). The third-order valence-corrected chi connectivity index (χ3v) is 4.05. The average Bonchev–Trinajstić information content (AvgIpc) is 3.00. The number of para-hydroxylation sites is 1. The van der Waals surface area contributed by atoms with Crippen molar-refractivity contribution >= 4 is 0 Å². The molecule has 0 aliphatic carbocycles. The van der Waals surface area contributed by atoms with E-state index in [-0.39, 0.29) is 17.5 Å². The van der Waals surface area contributed by atoms with Crippen molar-refractivity contribution in [3.63, 3.8) is 0 Å². The highest BCUT2D eigenvalue weighted by atomic mass is 16.5. The van der Waals surface area contributed by atoms with Crippen LogP contribution in [-0.4, -0.2) is 20.2 Å². The molecule has 0 amide bonds. The Morgan fingerprint density at radius 3 is 2.04 bits per heavy atom. The number of H-pyrrole nitrogens is 1. The van der Waals surface area contributed by atoms with Crippen LogP contribution in [0.25, 0.3) is 5.69 Å². The monoisotopic (exact) mass is 338 g/mol. The molecule has 0 spiro atoms. The molecule has 25 heavy (non-hydrogen) atoms. The van der Waals surface area contributed by atoms with Gasteiger partial charge in [0, 0.05) is 0 Å². The largest absolute Gasteiger partial charge is 0.457 e. The third-order valence-electron chi connectivity index (χ3n) is 4.05. The molecule has 6 heteroatoms. The zero-order valence-corrected chi connectivity index (χ0v) is 14.9. The lowest BCUT2D eigenvalue weighted by molar-refractivity contribution is 0.480. The molecule has 3 rings (SSSR count). The number of hydrogen-bond acceptors (Lipinski definition) is 4. The topological polar surface area (TPSA) is 72.8 Å². The lowest BCUT2D eigenvalue weighted by Gasteiger charge is -2.20. The molecular formula is C19H22N4O2. The van der Waals surface area contributed by atoms with Crippen molar-refractivity contribution in [3.05, 3.63) is 64.1 Å². The first-order valence-corrected chi connectivity index (χ1v) is 8.39. The molecule has 0 aliphatic rings. The molecule has 0 aliphatic heterocycles. The molecule has 0 atom stereocenters. The molecule has 130 valence electrons. The zero-order chi connectivity index (χ0) is 18.0. The molecule has 0 bridgehead atoms. The molecule has 3 aromatic rings. The Morgan fingerprint density at radius 1 is 0.960 bits per heavy atom. The minimum absolute atomic E-state index is 0.190. The van der Waals surface area contributed by atoms with Gasteiger partial charge in [-0.05, 0) is 57.7 Å². The van der Waals surface area contributed by atoms with E-state index in [0.717, 1.165) is 28.3 Å². The van der Waals surface area contributed by atoms with Crippen LogP contribution >= 0.6 is 0 Å². The summed E-state index contributed by atoms with van der Waals surface area (Å²) in [5.74, 6) is 1.91. The number of aromatic amines is 1. The molecule has 0 radical (unpaired) electrons. The Labute approximate surface area is 146 Å². The van der Waals surface area contributed by atoms with Crippen LogP contribution < -0.4 is 10.4 Å². The molecule has 1 N–H and O–H groups in total.